The molecule has 0 aliphatic heterocycles. The van der Waals surface area contributed by atoms with Gasteiger partial charge in [0.05, 0.1) is 17.5 Å². The number of terminal acetylenes is 1. The van der Waals surface area contributed by atoms with Gasteiger partial charge in [-0.2, -0.15) is 13.2 Å². The number of nitrogens with one attached hydrogen (secondary N) is 3. The van der Waals surface area contributed by atoms with Gasteiger partial charge in [0.1, 0.15) is 17.3 Å². The highest BCUT2D eigenvalue weighted by atomic mass is 32.2. The van der Waals surface area contributed by atoms with Crippen LogP contribution < -0.4 is 15.4 Å². The molecule has 188 valence electrons. The topological polar surface area (TPSA) is 100 Å². The van der Waals surface area contributed by atoms with E-state index in [0.717, 1.165) is 30.5 Å². The highest BCUT2D eigenvalue weighted by Gasteiger charge is 2.33. The molecular weight excluding hydrogens is 488 g/mol. The number of anilines is 2. The quantitative estimate of drug-likeness (QED) is 0.267. The number of sulfonamides is 1. The van der Waals surface area contributed by atoms with Gasteiger partial charge in [0.15, 0.2) is 0 Å². The summed E-state index contributed by atoms with van der Waals surface area (Å²) in [4.78, 5) is 16.0. The van der Waals surface area contributed by atoms with Crippen LogP contribution in [-0.4, -0.2) is 31.6 Å². The lowest BCUT2D eigenvalue weighted by atomic mass is 10.1. The first-order valence-electron chi connectivity index (χ1n) is 10.3. The van der Waals surface area contributed by atoms with E-state index in [2.05, 4.69) is 26.3 Å². The molecule has 0 bridgehead atoms. The maximum absolute atomic E-state index is 13.9. The highest BCUT2D eigenvalue weighted by molar-refractivity contribution is 7.92. The summed E-state index contributed by atoms with van der Waals surface area (Å²) in [6.07, 6.45) is 4.57. The standard InChI is InChI=1S/C23H24F4N4O3S/c1-5-14(3)29-22-16(7-9-19(30-22)23(25,26)27)8-10-20(32)28-13-17-12-18(24)11-15(6-2)21(17)31-35(4,33)34/h2,7-12,14,31H,5,13H2,1,3-4H3,(H,28,32)(H,29,30). The molecule has 0 saturated heterocycles. The van der Waals surface area contributed by atoms with Crippen LogP contribution in [0.4, 0.5) is 29.1 Å². The van der Waals surface area contributed by atoms with Crippen molar-refractivity contribution in [1.29, 1.82) is 0 Å². The molecule has 35 heavy (non-hydrogen) atoms. The van der Waals surface area contributed by atoms with E-state index < -0.39 is 33.6 Å². The number of alkyl halides is 3. The van der Waals surface area contributed by atoms with Gasteiger partial charge in [-0.05, 0) is 49.2 Å². The molecule has 0 fully saturated rings. The molecule has 1 aromatic heterocycles. The lowest BCUT2D eigenvalue weighted by molar-refractivity contribution is -0.141. The summed E-state index contributed by atoms with van der Waals surface area (Å²) in [6, 6.07) is 3.81. The van der Waals surface area contributed by atoms with Crippen LogP contribution in [0, 0.1) is 18.2 Å². The number of hydrogen-bond acceptors (Lipinski definition) is 5. The number of carbonyl (C=O) groups excluding carboxylic acids is 1. The lowest BCUT2D eigenvalue weighted by Crippen LogP contribution is -2.22. The van der Waals surface area contributed by atoms with E-state index in [1.165, 1.54) is 12.1 Å². The smallest absolute Gasteiger partial charge is 0.367 e. The number of halogens is 4. The third kappa shape index (κ3) is 8.29. The van der Waals surface area contributed by atoms with Gasteiger partial charge in [-0.3, -0.25) is 9.52 Å². The summed E-state index contributed by atoms with van der Waals surface area (Å²) in [7, 11) is -3.75. The second kappa shape index (κ2) is 11.2. The average molecular weight is 513 g/mol. The van der Waals surface area contributed by atoms with E-state index in [4.69, 9.17) is 6.42 Å². The van der Waals surface area contributed by atoms with Gasteiger partial charge in [0.2, 0.25) is 15.9 Å². The third-order valence-electron chi connectivity index (χ3n) is 4.71. The van der Waals surface area contributed by atoms with Gasteiger partial charge >= 0.3 is 6.18 Å². The zero-order chi connectivity index (χ0) is 26.4. The fourth-order valence-electron chi connectivity index (χ4n) is 2.84. The third-order valence-corrected chi connectivity index (χ3v) is 5.28. The number of aromatic nitrogens is 1. The van der Waals surface area contributed by atoms with Crippen molar-refractivity contribution in [3.05, 3.63) is 58.5 Å². The van der Waals surface area contributed by atoms with Crippen molar-refractivity contribution >= 4 is 33.5 Å². The van der Waals surface area contributed by atoms with E-state index in [0.29, 0.717) is 6.42 Å². The Morgan fingerprint density at radius 2 is 1.97 bits per heavy atom. The Morgan fingerprint density at radius 3 is 2.54 bits per heavy atom. The molecule has 0 aliphatic rings. The number of nitrogens with zero attached hydrogens (tertiary/aromatic N) is 1. The number of pyridine rings is 1. The van der Waals surface area contributed by atoms with E-state index in [9.17, 15) is 30.8 Å². The lowest BCUT2D eigenvalue weighted by Gasteiger charge is -2.16. The summed E-state index contributed by atoms with van der Waals surface area (Å²) in [5.41, 5.74) is -0.848. The van der Waals surface area contributed by atoms with Gasteiger partial charge < -0.3 is 10.6 Å². The Balaban J connectivity index is 2.26. The molecular formula is C23H24F4N4O3S. The Morgan fingerprint density at radius 1 is 1.29 bits per heavy atom. The van der Waals surface area contributed by atoms with Gasteiger partial charge in [-0.1, -0.05) is 12.8 Å². The van der Waals surface area contributed by atoms with E-state index in [-0.39, 0.29) is 40.8 Å². The fraction of sp³-hybridized carbons (Fsp3) is 0.304. The van der Waals surface area contributed by atoms with Crippen LogP contribution in [0.2, 0.25) is 0 Å². The minimum absolute atomic E-state index is 0.0401. The summed E-state index contributed by atoms with van der Waals surface area (Å²) in [6.45, 7) is 3.34. The van der Waals surface area contributed by atoms with Crippen LogP contribution in [0.1, 0.15) is 42.7 Å². The molecule has 12 heteroatoms. The zero-order valence-corrected chi connectivity index (χ0v) is 19.9. The molecule has 1 atom stereocenters. The Hall–Kier alpha value is -3.59. The number of rotatable bonds is 9. The Bertz CT molecular complexity index is 1270. The van der Waals surface area contributed by atoms with E-state index in [1.54, 1.807) is 6.92 Å². The van der Waals surface area contributed by atoms with Crippen LogP contribution in [0.25, 0.3) is 6.08 Å². The normalized spacial score (nSPS) is 12.7. The number of benzene rings is 1. The van der Waals surface area contributed by atoms with Gasteiger partial charge in [-0.15, -0.1) is 6.42 Å². The average Bonchev–Trinajstić information content (AvgIpc) is 2.76. The monoisotopic (exact) mass is 512 g/mol. The van der Waals surface area contributed by atoms with Crippen molar-refractivity contribution in [1.82, 2.24) is 10.3 Å². The van der Waals surface area contributed by atoms with Crippen LogP contribution in [0.3, 0.4) is 0 Å². The SMILES string of the molecule is C#Cc1cc(F)cc(CNC(=O)C=Cc2ccc(C(F)(F)F)nc2NC(C)CC)c1NS(C)(=O)=O. The number of amides is 1. The van der Waals surface area contributed by atoms with Gasteiger partial charge in [0.25, 0.3) is 0 Å². The molecule has 0 radical (unpaired) electrons. The zero-order valence-electron chi connectivity index (χ0n) is 19.1. The fourth-order valence-corrected chi connectivity index (χ4v) is 3.45. The van der Waals surface area contributed by atoms with Crippen LogP contribution in [0.5, 0.6) is 0 Å². The van der Waals surface area contributed by atoms with Crippen LogP contribution >= 0.6 is 0 Å². The molecule has 3 N–H and O–H groups in total. The number of hydrogen-bond donors (Lipinski definition) is 3. The number of carbonyl (C=O) groups is 1. The van der Waals surface area contributed by atoms with Gasteiger partial charge in [0, 0.05) is 24.2 Å². The van der Waals surface area contributed by atoms with E-state index >= 15 is 0 Å². The second-order valence-electron chi connectivity index (χ2n) is 7.64. The molecule has 0 saturated carbocycles. The minimum atomic E-state index is -4.63. The van der Waals surface area contributed by atoms with Crippen molar-refractivity contribution in [3.8, 4) is 12.3 Å². The molecule has 1 amide bonds. The summed E-state index contributed by atoms with van der Waals surface area (Å²) in [5.74, 6) is 0.749. The summed E-state index contributed by atoms with van der Waals surface area (Å²) >= 11 is 0. The van der Waals surface area contributed by atoms with Crippen molar-refractivity contribution in [2.24, 2.45) is 0 Å². The maximum Gasteiger partial charge on any atom is 0.433 e. The Kier molecular flexibility index (Phi) is 8.87. The first-order valence-corrected chi connectivity index (χ1v) is 12.2. The van der Waals surface area contributed by atoms with Crippen LogP contribution in [-0.2, 0) is 27.5 Å². The minimum Gasteiger partial charge on any atom is -0.367 e. The van der Waals surface area contributed by atoms with E-state index in [1.807, 2.05) is 6.92 Å². The maximum atomic E-state index is 13.9. The molecule has 1 unspecified atom stereocenters. The van der Waals surface area contributed by atoms with Crippen molar-refractivity contribution in [2.75, 3.05) is 16.3 Å². The van der Waals surface area contributed by atoms with Crippen LogP contribution in [0.15, 0.2) is 30.3 Å². The molecule has 2 aromatic rings. The molecule has 0 aliphatic carbocycles. The van der Waals surface area contributed by atoms with Gasteiger partial charge in [-0.25, -0.2) is 17.8 Å². The molecule has 7 nitrogen and oxygen atoms in total. The summed E-state index contributed by atoms with van der Waals surface area (Å²) < 4.78 is 78.6. The first-order chi connectivity index (χ1) is 16.2. The second-order valence-corrected chi connectivity index (χ2v) is 9.39. The Labute approximate surface area is 201 Å². The highest BCUT2D eigenvalue weighted by Crippen LogP contribution is 2.30. The molecule has 1 aromatic carbocycles. The largest absolute Gasteiger partial charge is 0.433 e. The predicted molar refractivity (Wildman–Crippen MR) is 126 cm³/mol. The van der Waals surface area contributed by atoms with Crippen molar-refractivity contribution < 1.29 is 30.8 Å². The van der Waals surface area contributed by atoms with Crippen molar-refractivity contribution in [3.63, 3.8) is 0 Å². The molecule has 1 heterocycles. The summed E-state index contributed by atoms with van der Waals surface area (Å²) in [5, 5.41) is 5.35. The molecule has 2 rings (SSSR count). The first kappa shape index (κ1) is 27.7. The van der Waals surface area contributed by atoms with Crippen molar-refractivity contribution in [2.45, 2.75) is 39.0 Å². The predicted octanol–water partition coefficient (Wildman–Crippen LogP) is 4.13. The molecule has 0 spiro atoms.